The molecule has 0 aromatic carbocycles. The van der Waals surface area contributed by atoms with Crippen LogP contribution in [0.5, 0.6) is 0 Å². The average Bonchev–Trinajstić information content (AvgIpc) is 2.96. The van der Waals surface area contributed by atoms with E-state index >= 15 is 0 Å². The summed E-state index contributed by atoms with van der Waals surface area (Å²) in [5.74, 6) is 1.93. The Morgan fingerprint density at radius 3 is 2.65 bits per heavy atom. The molecular weight excluding hydrogens is 318 g/mol. The minimum absolute atomic E-state index is 0.173. The van der Waals surface area contributed by atoms with Crippen molar-refractivity contribution >= 4 is 15.9 Å². The Morgan fingerprint density at radius 2 is 2.10 bits per heavy atom. The maximum atomic E-state index is 5.78. The number of likely N-dealkylation sites (N-methyl/N-ethyl adjacent to an activating group) is 1. The molecule has 0 saturated heterocycles. The van der Waals surface area contributed by atoms with Gasteiger partial charge >= 0.3 is 0 Å². The highest BCUT2D eigenvalue weighted by Crippen LogP contribution is 2.27. The fourth-order valence-corrected chi connectivity index (χ4v) is 2.86. The van der Waals surface area contributed by atoms with Crippen LogP contribution in [0.15, 0.2) is 21.0 Å². The van der Waals surface area contributed by atoms with E-state index in [0.29, 0.717) is 0 Å². The van der Waals surface area contributed by atoms with E-state index in [9.17, 15) is 0 Å². The van der Waals surface area contributed by atoms with Crippen molar-refractivity contribution in [2.75, 3.05) is 6.54 Å². The van der Waals surface area contributed by atoms with Crippen LogP contribution in [0.25, 0.3) is 0 Å². The van der Waals surface area contributed by atoms with Gasteiger partial charge in [0.25, 0.3) is 0 Å². The fraction of sp³-hybridized carbons (Fsp3) is 0.533. The summed E-state index contributed by atoms with van der Waals surface area (Å²) in [7, 11) is 0. The Labute approximate surface area is 128 Å². The summed E-state index contributed by atoms with van der Waals surface area (Å²) in [5.41, 5.74) is 2.25. The van der Waals surface area contributed by atoms with Crippen molar-refractivity contribution in [2.45, 2.75) is 46.7 Å². The molecule has 20 heavy (non-hydrogen) atoms. The van der Waals surface area contributed by atoms with Gasteiger partial charge in [-0.2, -0.15) is 5.10 Å². The van der Waals surface area contributed by atoms with Gasteiger partial charge in [-0.25, -0.2) is 0 Å². The molecule has 0 radical (unpaired) electrons. The number of rotatable bonds is 6. The highest BCUT2D eigenvalue weighted by molar-refractivity contribution is 9.10. The maximum Gasteiger partial charge on any atom is 0.121 e. The van der Waals surface area contributed by atoms with Gasteiger partial charge in [0, 0.05) is 13.0 Å². The second kappa shape index (κ2) is 6.59. The lowest BCUT2D eigenvalue weighted by molar-refractivity contribution is 0.396. The zero-order valence-electron chi connectivity index (χ0n) is 12.5. The fourth-order valence-electron chi connectivity index (χ4n) is 2.42. The van der Waals surface area contributed by atoms with Crippen LogP contribution < -0.4 is 5.32 Å². The first-order chi connectivity index (χ1) is 9.56. The number of hydrogen-bond acceptors (Lipinski definition) is 3. The predicted molar refractivity (Wildman–Crippen MR) is 83.9 cm³/mol. The normalized spacial score (nSPS) is 12.8. The standard InChI is InChI=1S/C15H22BrN3O/c1-5-17-12(14-8-7-10(3)20-14)9-13-15(16)11(4)18-19(13)6-2/h7-8,12,17H,5-6,9H2,1-4H3. The van der Waals surface area contributed by atoms with Gasteiger partial charge in [-0.3, -0.25) is 4.68 Å². The van der Waals surface area contributed by atoms with E-state index in [-0.39, 0.29) is 6.04 Å². The lowest BCUT2D eigenvalue weighted by Gasteiger charge is -2.16. The molecule has 0 amide bonds. The Hall–Kier alpha value is -1.07. The third-order valence-corrected chi connectivity index (χ3v) is 4.44. The average molecular weight is 340 g/mol. The summed E-state index contributed by atoms with van der Waals surface area (Å²) in [5, 5.41) is 8.04. The number of aromatic nitrogens is 2. The molecule has 0 spiro atoms. The van der Waals surface area contributed by atoms with Crippen LogP contribution in [-0.2, 0) is 13.0 Å². The maximum absolute atomic E-state index is 5.78. The van der Waals surface area contributed by atoms with Crippen molar-refractivity contribution in [3.8, 4) is 0 Å². The first-order valence-electron chi connectivity index (χ1n) is 7.08. The molecule has 5 heteroatoms. The molecule has 1 unspecified atom stereocenters. The molecule has 2 heterocycles. The predicted octanol–water partition coefficient (Wildman–Crippen LogP) is 3.77. The quantitative estimate of drug-likeness (QED) is 0.871. The minimum Gasteiger partial charge on any atom is -0.465 e. The highest BCUT2D eigenvalue weighted by atomic mass is 79.9. The van der Waals surface area contributed by atoms with E-state index in [1.807, 2.05) is 19.9 Å². The summed E-state index contributed by atoms with van der Waals surface area (Å²) in [4.78, 5) is 0. The van der Waals surface area contributed by atoms with Gasteiger partial charge in [-0.1, -0.05) is 6.92 Å². The Bertz CT molecular complexity index is 574. The van der Waals surface area contributed by atoms with E-state index in [0.717, 1.165) is 41.2 Å². The van der Waals surface area contributed by atoms with Gasteiger partial charge in [-0.15, -0.1) is 0 Å². The molecule has 1 N–H and O–H groups in total. The van der Waals surface area contributed by atoms with Gasteiger partial charge in [0.1, 0.15) is 11.5 Å². The summed E-state index contributed by atoms with van der Waals surface area (Å²) in [6.07, 6.45) is 0.857. The number of halogens is 1. The number of aryl methyl sites for hydroxylation is 3. The Morgan fingerprint density at radius 1 is 1.35 bits per heavy atom. The van der Waals surface area contributed by atoms with Crippen molar-refractivity contribution < 1.29 is 4.42 Å². The lowest BCUT2D eigenvalue weighted by Crippen LogP contribution is -2.24. The van der Waals surface area contributed by atoms with Crippen molar-refractivity contribution in [2.24, 2.45) is 0 Å². The zero-order chi connectivity index (χ0) is 14.7. The molecule has 0 bridgehead atoms. The molecule has 0 aliphatic rings. The van der Waals surface area contributed by atoms with Gasteiger partial charge in [0.2, 0.25) is 0 Å². The largest absolute Gasteiger partial charge is 0.465 e. The van der Waals surface area contributed by atoms with Gasteiger partial charge in [-0.05, 0) is 55.4 Å². The molecule has 110 valence electrons. The third kappa shape index (κ3) is 3.15. The topological polar surface area (TPSA) is 43.0 Å². The lowest BCUT2D eigenvalue weighted by atomic mass is 10.1. The molecule has 0 aliphatic carbocycles. The second-order valence-corrected chi connectivity index (χ2v) is 5.72. The van der Waals surface area contributed by atoms with Crippen LogP contribution in [-0.4, -0.2) is 16.3 Å². The summed E-state index contributed by atoms with van der Waals surface area (Å²) >= 11 is 3.66. The van der Waals surface area contributed by atoms with E-state index in [2.05, 4.69) is 50.9 Å². The van der Waals surface area contributed by atoms with E-state index in [4.69, 9.17) is 4.42 Å². The van der Waals surface area contributed by atoms with Gasteiger partial charge in [0.05, 0.1) is 21.9 Å². The summed E-state index contributed by atoms with van der Waals surface area (Å²) < 4.78 is 8.94. The monoisotopic (exact) mass is 339 g/mol. The SMILES string of the molecule is CCNC(Cc1c(Br)c(C)nn1CC)c1ccc(C)o1. The molecule has 0 saturated carbocycles. The second-order valence-electron chi connectivity index (χ2n) is 4.92. The first kappa shape index (κ1) is 15.3. The number of nitrogens with one attached hydrogen (secondary N) is 1. The van der Waals surface area contributed by atoms with Crippen LogP contribution in [0.4, 0.5) is 0 Å². The minimum atomic E-state index is 0.173. The molecule has 1 atom stereocenters. The van der Waals surface area contributed by atoms with Crippen LogP contribution >= 0.6 is 15.9 Å². The van der Waals surface area contributed by atoms with Gasteiger partial charge in [0.15, 0.2) is 0 Å². The number of nitrogens with zero attached hydrogens (tertiary/aromatic N) is 2. The van der Waals surface area contributed by atoms with Crippen LogP contribution in [0, 0.1) is 13.8 Å². The van der Waals surface area contributed by atoms with Crippen molar-refractivity contribution in [3.05, 3.63) is 39.5 Å². The molecule has 2 rings (SSSR count). The Kier molecular flexibility index (Phi) is 5.05. The van der Waals surface area contributed by atoms with Crippen LogP contribution in [0.3, 0.4) is 0 Å². The first-order valence-corrected chi connectivity index (χ1v) is 7.87. The summed E-state index contributed by atoms with van der Waals surface area (Å²) in [6, 6.07) is 4.24. The number of furan rings is 1. The van der Waals surface area contributed by atoms with Crippen LogP contribution in [0.1, 0.15) is 42.8 Å². The molecular formula is C15H22BrN3O. The molecule has 4 nitrogen and oxygen atoms in total. The molecule has 0 aliphatic heterocycles. The van der Waals surface area contributed by atoms with Crippen molar-refractivity contribution in [1.82, 2.24) is 15.1 Å². The van der Waals surface area contributed by atoms with Crippen LogP contribution in [0.2, 0.25) is 0 Å². The van der Waals surface area contributed by atoms with E-state index in [1.54, 1.807) is 0 Å². The molecule has 2 aromatic heterocycles. The smallest absolute Gasteiger partial charge is 0.121 e. The molecule has 0 fully saturated rings. The van der Waals surface area contributed by atoms with Gasteiger partial charge < -0.3 is 9.73 Å². The third-order valence-electron chi connectivity index (χ3n) is 3.41. The van der Waals surface area contributed by atoms with Crippen molar-refractivity contribution in [3.63, 3.8) is 0 Å². The summed E-state index contributed by atoms with van der Waals surface area (Å²) in [6.45, 7) is 10.0. The van der Waals surface area contributed by atoms with E-state index < -0.39 is 0 Å². The van der Waals surface area contributed by atoms with E-state index in [1.165, 1.54) is 5.69 Å². The molecule has 2 aromatic rings. The zero-order valence-corrected chi connectivity index (χ0v) is 14.1. The highest BCUT2D eigenvalue weighted by Gasteiger charge is 2.20. The Balaban J connectivity index is 2.28. The number of hydrogen-bond donors (Lipinski definition) is 1. The van der Waals surface area contributed by atoms with Crippen molar-refractivity contribution in [1.29, 1.82) is 0 Å².